The molecular weight excluding hydrogens is 392 g/mol. The number of benzene rings is 2. The van der Waals surface area contributed by atoms with Crippen molar-refractivity contribution in [2.45, 2.75) is 5.92 Å². The fraction of sp³-hybridized carbons (Fsp3) is 0.0952. The highest BCUT2D eigenvalue weighted by molar-refractivity contribution is 9.10. The third kappa shape index (κ3) is 3.30. The third-order valence-corrected chi connectivity index (χ3v) is 5.01. The average Bonchev–Trinajstić information content (AvgIpc) is 3.33. The van der Waals surface area contributed by atoms with Crippen molar-refractivity contribution in [3.05, 3.63) is 94.5 Å². The predicted octanol–water partition coefficient (Wildman–Crippen LogP) is 5.09. The SMILES string of the molecule is O=C(NCC(c1ccc(Br)cc1)c1c[nH]c2ccccc12)c1ccco1. The lowest BCUT2D eigenvalue weighted by Gasteiger charge is -2.18. The first kappa shape index (κ1) is 16.7. The average molecular weight is 409 g/mol. The second-order valence-corrected chi connectivity index (χ2v) is 7.00. The number of amides is 1. The van der Waals surface area contributed by atoms with Crippen molar-refractivity contribution in [3.63, 3.8) is 0 Å². The molecule has 5 heteroatoms. The molecule has 0 spiro atoms. The number of nitrogens with one attached hydrogen (secondary N) is 2. The highest BCUT2D eigenvalue weighted by Crippen LogP contribution is 2.31. The highest BCUT2D eigenvalue weighted by atomic mass is 79.9. The van der Waals surface area contributed by atoms with Crippen molar-refractivity contribution in [2.75, 3.05) is 6.54 Å². The lowest BCUT2D eigenvalue weighted by molar-refractivity contribution is 0.0925. The van der Waals surface area contributed by atoms with Crippen molar-refractivity contribution in [2.24, 2.45) is 0 Å². The number of aromatic amines is 1. The third-order valence-electron chi connectivity index (χ3n) is 4.48. The van der Waals surface area contributed by atoms with Gasteiger partial charge in [-0.05, 0) is 41.5 Å². The molecule has 1 amide bonds. The topological polar surface area (TPSA) is 58.0 Å². The number of carbonyl (C=O) groups is 1. The molecule has 1 unspecified atom stereocenters. The number of hydrogen-bond acceptors (Lipinski definition) is 2. The quantitative estimate of drug-likeness (QED) is 0.483. The summed E-state index contributed by atoms with van der Waals surface area (Å²) >= 11 is 3.48. The number of hydrogen-bond donors (Lipinski definition) is 2. The highest BCUT2D eigenvalue weighted by Gasteiger charge is 2.20. The van der Waals surface area contributed by atoms with E-state index in [2.05, 4.69) is 50.5 Å². The number of aromatic nitrogens is 1. The molecular formula is C21H17BrN2O2. The Morgan fingerprint density at radius 2 is 1.88 bits per heavy atom. The van der Waals surface area contributed by atoms with Gasteiger partial charge in [-0.3, -0.25) is 4.79 Å². The van der Waals surface area contributed by atoms with Crippen molar-refractivity contribution < 1.29 is 9.21 Å². The van der Waals surface area contributed by atoms with E-state index in [0.29, 0.717) is 12.3 Å². The van der Waals surface area contributed by atoms with Crippen LogP contribution in [0.3, 0.4) is 0 Å². The van der Waals surface area contributed by atoms with E-state index in [1.54, 1.807) is 12.1 Å². The molecule has 4 aromatic rings. The van der Waals surface area contributed by atoms with Gasteiger partial charge in [-0.25, -0.2) is 0 Å². The fourth-order valence-corrected chi connectivity index (χ4v) is 3.44. The summed E-state index contributed by atoms with van der Waals surface area (Å²) < 4.78 is 6.21. The second-order valence-electron chi connectivity index (χ2n) is 6.08. The first-order valence-electron chi connectivity index (χ1n) is 8.35. The van der Waals surface area contributed by atoms with Gasteiger partial charge in [-0.15, -0.1) is 0 Å². The molecule has 0 radical (unpaired) electrons. The van der Waals surface area contributed by atoms with E-state index in [-0.39, 0.29) is 11.8 Å². The Balaban J connectivity index is 1.67. The zero-order valence-electron chi connectivity index (χ0n) is 13.9. The molecule has 4 nitrogen and oxygen atoms in total. The Morgan fingerprint density at radius 1 is 1.08 bits per heavy atom. The van der Waals surface area contributed by atoms with Gasteiger partial charge in [-0.2, -0.15) is 0 Å². The fourth-order valence-electron chi connectivity index (χ4n) is 3.17. The van der Waals surface area contributed by atoms with Crippen LogP contribution >= 0.6 is 15.9 Å². The molecule has 0 aliphatic rings. The van der Waals surface area contributed by atoms with Crippen LogP contribution in [0, 0.1) is 0 Å². The Hall–Kier alpha value is -2.79. The molecule has 2 N–H and O–H groups in total. The van der Waals surface area contributed by atoms with Crippen molar-refractivity contribution in [1.82, 2.24) is 10.3 Å². The molecule has 0 aliphatic heterocycles. The molecule has 0 bridgehead atoms. The van der Waals surface area contributed by atoms with Crippen molar-refractivity contribution in [3.8, 4) is 0 Å². The molecule has 2 aromatic carbocycles. The first-order valence-corrected chi connectivity index (χ1v) is 9.15. The minimum atomic E-state index is -0.211. The summed E-state index contributed by atoms with van der Waals surface area (Å²) in [5, 5.41) is 4.15. The molecule has 130 valence electrons. The van der Waals surface area contributed by atoms with E-state index in [9.17, 15) is 4.79 Å². The van der Waals surface area contributed by atoms with Crippen LogP contribution in [0.4, 0.5) is 0 Å². The second kappa shape index (κ2) is 7.22. The van der Waals surface area contributed by atoms with Gasteiger partial charge in [0.2, 0.25) is 0 Å². The van der Waals surface area contributed by atoms with E-state index >= 15 is 0 Å². The Morgan fingerprint density at radius 3 is 2.65 bits per heavy atom. The molecule has 0 saturated carbocycles. The molecule has 1 atom stereocenters. The summed E-state index contributed by atoms with van der Waals surface area (Å²) in [6.07, 6.45) is 3.53. The number of fused-ring (bicyclic) bond motifs is 1. The van der Waals surface area contributed by atoms with Crippen molar-refractivity contribution >= 4 is 32.7 Å². The van der Waals surface area contributed by atoms with Gasteiger partial charge >= 0.3 is 0 Å². The van der Waals surface area contributed by atoms with Crippen LogP contribution in [0.1, 0.15) is 27.6 Å². The van der Waals surface area contributed by atoms with Gasteiger partial charge in [0.15, 0.2) is 5.76 Å². The van der Waals surface area contributed by atoms with Gasteiger partial charge < -0.3 is 14.7 Å². The maximum atomic E-state index is 12.3. The normalized spacial score (nSPS) is 12.2. The molecule has 0 aliphatic carbocycles. The van der Waals surface area contributed by atoms with Crippen LogP contribution < -0.4 is 5.32 Å². The van der Waals surface area contributed by atoms with Crippen molar-refractivity contribution in [1.29, 1.82) is 0 Å². The lowest BCUT2D eigenvalue weighted by Crippen LogP contribution is -2.28. The Kier molecular flexibility index (Phi) is 4.63. The molecule has 0 fully saturated rings. The Bertz CT molecular complexity index is 1020. The monoisotopic (exact) mass is 408 g/mol. The molecule has 2 aromatic heterocycles. The number of halogens is 1. The molecule has 26 heavy (non-hydrogen) atoms. The van der Waals surface area contributed by atoms with Crippen LogP contribution in [0.15, 0.2) is 82.0 Å². The minimum Gasteiger partial charge on any atom is -0.459 e. The van der Waals surface area contributed by atoms with Crippen LogP contribution in [-0.2, 0) is 0 Å². The lowest BCUT2D eigenvalue weighted by atomic mass is 9.91. The maximum absolute atomic E-state index is 12.3. The number of rotatable bonds is 5. The summed E-state index contributed by atoms with van der Waals surface area (Å²) in [5.41, 5.74) is 3.38. The number of para-hydroxylation sites is 1. The van der Waals surface area contributed by atoms with Gasteiger partial charge in [-0.1, -0.05) is 46.3 Å². The summed E-state index contributed by atoms with van der Waals surface area (Å²) in [6, 6.07) is 19.8. The number of carbonyl (C=O) groups excluding carboxylic acids is 1. The predicted molar refractivity (Wildman–Crippen MR) is 105 cm³/mol. The molecule has 0 saturated heterocycles. The largest absolute Gasteiger partial charge is 0.459 e. The van der Waals surface area contributed by atoms with E-state index in [1.165, 1.54) is 6.26 Å². The number of H-pyrrole nitrogens is 1. The van der Waals surface area contributed by atoms with E-state index in [1.807, 2.05) is 30.5 Å². The minimum absolute atomic E-state index is 0.0261. The van der Waals surface area contributed by atoms with Gasteiger partial charge in [0.25, 0.3) is 5.91 Å². The Labute approximate surface area is 159 Å². The summed E-state index contributed by atoms with van der Waals surface area (Å²) in [7, 11) is 0. The van der Waals surface area contributed by atoms with Gasteiger partial charge in [0.05, 0.1) is 6.26 Å². The van der Waals surface area contributed by atoms with Gasteiger partial charge in [0, 0.05) is 34.0 Å². The standard InChI is InChI=1S/C21H17BrN2O2/c22-15-9-7-14(8-10-15)17(12-24-21(25)20-6-3-11-26-20)18-13-23-19-5-2-1-4-16(18)19/h1-11,13,17,23H,12H2,(H,24,25). The van der Waals surface area contributed by atoms with E-state index in [4.69, 9.17) is 4.42 Å². The molecule has 4 rings (SSSR count). The smallest absolute Gasteiger partial charge is 0.287 e. The zero-order chi connectivity index (χ0) is 17.9. The van der Waals surface area contributed by atoms with E-state index in [0.717, 1.165) is 26.5 Å². The van der Waals surface area contributed by atoms with Crippen LogP contribution in [0.2, 0.25) is 0 Å². The summed E-state index contributed by atoms with van der Waals surface area (Å²) in [4.78, 5) is 15.6. The van der Waals surface area contributed by atoms with Crippen LogP contribution in [0.5, 0.6) is 0 Å². The summed E-state index contributed by atoms with van der Waals surface area (Å²) in [6.45, 7) is 0.475. The summed E-state index contributed by atoms with van der Waals surface area (Å²) in [5.74, 6) is 0.133. The van der Waals surface area contributed by atoms with Crippen LogP contribution in [-0.4, -0.2) is 17.4 Å². The molecule has 2 heterocycles. The maximum Gasteiger partial charge on any atom is 0.287 e. The first-order chi connectivity index (χ1) is 12.7. The zero-order valence-corrected chi connectivity index (χ0v) is 15.5. The number of furan rings is 1. The van der Waals surface area contributed by atoms with E-state index < -0.39 is 0 Å². The van der Waals surface area contributed by atoms with Crippen LogP contribution in [0.25, 0.3) is 10.9 Å². The van der Waals surface area contributed by atoms with Gasteiger partial charge in [0.1, 0.15) is 0 Å².